The number of nitrogen functional groups attached to an aromatic ring is 1. The molecule has 2 rings (SSSR count). The van der Waals surface area contributed by atoms with Crippen molar-refractivity contribution in [1.29, 1.82) is 0 Å². The van der Waals surface area contributed by atoms with Crippen LogP contribution in [0.25, 0.3) is 0 Å². The number of rotatable bonds is 4. The van der Waals surface area contributed by atoms with Gasteiger partial charge in [0.25, 0.3) is 0 Å². The average Bonchev–Trinajstić information content (AvgIpc) is 2.33. The summed E-state index contributed by atoms with van der Waals surface area (Å²) in [6, 6.07) is 5.83. The molecule has 0 aliphatic carbocycles. The van der Waals surface area contributed by atoms with Gasteiger partial charge in [0, 0.05) is 49.3 Å². The third-order valence-electron chi connectivity index (χ3n) is 3.51. The van der Waals surface area contributed by atoms with Crippen LogP contribution >= 0.6 is 15.9 Å². The first-order chi connectivity index (χ1) is 8.98. The molecule has 3 N–H and O–H groups in total. The number of nitrogens with zero attached hydrogens (tertiary/aromatic N) is 1. The second-order valence-electron chi connectivity index (χ2n) is 5.36. The van der Waals surface area contributed by atoms with Crippen molar-refractivity contribution in [2.24, 2.45) is 0 Å². The molecule has 0 radical (unpaired) electrons. The Morgan fingerprint density at radius 3 is 2.74 bits per heavy atom. The molecule has 0 spiro atoms. The smallest absolute Gasteiger partial charge is 0.0817 e. The number of hydrogen-bond acceptors (Lipinski definition) is 4. The van der Waals surface area contributed by atoms with Gasteiger partial charge < -0.3 is 15.6 Å². The van der Waals surface area contributed by atoms with Gasteiger partial charge in [-0.1, -0.05) is 22.0 Å². The number of ether oxygens (including phenoxy) is 1. The monoisotopic (exact) mass is 328 g/mol. The quantitative estimate of drug-likeness (QED) is 0.830. The Morgan fingerprint density at radius 1 is 1.42 bits per heavy atom. The second kappa shape index (κ2) is 6.22. The minimum absolute atomic E-state index is 0.618. The summed E-state index contributed by atoms with van der Waals surface area (Å²) in [5.41, 5.74) is 7.04. The van der Waals surface area contributed by atoms with E-state index in [4.69, 9.17) is 10.5 Å². The zero-order chi connectivity index (χ0) is 13.9. The van der Waals surface area contributed by atoms with Gasteiger partial charge in [0.05, 0.1) is 5.60 Å². The van der Waals surface area contributed by atoms with Crippen molar-refractivity contribution < 1.29 is 9.84 Å². The number of benzene rings is 1. The van der Waals surface area contributed by atoms with Gasteiger partial charge in [-0.3, -0.25) is 4.90 Å². The summed E-state index contributed by atoms with van der Waals surface area (Å²) in [5, 5.41) is 10.5. The summed E-state index contributed by atoms with van der Waals surface area (Å²) >= 11 is 3.53. The van der Waals surface area contributed by atoms with E-state index >= 15 is 0 Å². The van der Waals surface area contributed by atoms with Gasteiger partial charge in [-0.15, -0.1) is 0 Å². The van der Waals surface area contributed by atoms with E-state index in [0.717, 1.165) is 16.7 Å². The first-order valence-electron chi connectivity index (χ1n) is 6.51. The Labute approximate surface area is 122 Å². The molecule has 1 aliphatic heterocycles. The number of aliphatic hydroxyl groups is 1. The van der Waals surface area contributed by atoms with Crippen molar-refractivity contribution in [2.75, 3.05) is 32.5 Å². The largest absolute Gasteiger partial charge is 0.399 e. The Bertz CT molecular complexity index is 433. The van der Waals surface area contributed by atoms with E-state index in [1.165, 1.54) is 5.56 Å². The highest BCUT2D eigenvalue weighted by Gasteiger charge is 2.30. The minimum atomic E-state index is -0.618. The molecule has 0 bridgehead atoms. The van der Waals surface area contributed by atoms with Crippen LogP contribution in [0.4, 0.5) is 5.69 Å². The second-order valence-corrected chi connectivity index (χ2v) is 6.21. The molecule has 0 saturated carbocycles. The summed E-state index contributed by atoms with van der Waals surface area (Å²) in [6.45, 7) is 2.74. The van der Waals surface area contributed by atoms with Crippen LogP contribution < -0.4 is 5.73 Å². The molecular formula is C14H21BrN2O2. The fourth-order valence-corrected chi connectivity index (χ4v) is 2.97. The molecule has 1 saturated heterocycles. The SMILES string of the molecule is CN(Cc1ccc(N)cc1Br)CC1(O)CCOCC1. The Morgan fingerprint density at radius 2 is 2.11 bits per heavy atom. The molecule has 0 atom stereocenters. The normalized spacial score (nSPS) is 18.7. The van der Waals surface area contributed by atoms with Gasteiger partial charge in [0.2, 0.25) is 0 Å². The van der Waals surface area contributed by atoms with Crippen LogP contribution in [0.15, 0.2) is 22.7 Å². The van der Waals surface area contributed by atoms with Crippen LogP contribution in [0.2, 0.25) is 0 Å². The molecule has 19 heavy (non-hydrogen) atoms. The molecule has 1 aliphatic rings. The third kappa shape index (κ3) is 4.18. The zero-order valence-corrected chi connectivity index (χ0v) is 12.8. The summed E-state index contributed by atoms with van der Waals surface area (Å²) < 4.78 is 6.31. The Hall–Kier alpha value is -0.620. The van der Waals surface area contributed by atoms with E-state index in [9.17, 15) is 5.11 Å². The van der Waals surface area contributed by atoms with Crippen LogP contribution in [-0.4, -0.2) is 42.4 Å². The van der Waals surface area contributed by atoms with Crippen molar-refractivity contribution in [2.45, 2.75) is 25.0 Å². The van der Waals surface area contributed by atoms with E-state index in [1.807, 2.05) is 25.2 Å². The van der Waals surface area contributed by atoms with Crippen molar-refractivity contribution in [3.8, 4) is 0 Å². The van der Waals surface area contributed by atoms with E-state index < -0.39 is 5.60 Å². The molecule has 5 heteroatoms. The predicted molar refractivity (Wildman–Crippen MR) is 79.9 cm³/mol. The van der Waals surface area contributed by atoms with Crippen LogP contribution in [-0.2, 0) is 11.3 Å². The Kier molecular flexibility index (Phi) is 4.84. The standard InChI is InChI=1S/C14H21BrN2O2/c1-17(10-14(18)4-6-19-7-5-14)9-11-2-3-12(16)8-13(11)15/h2-3,8,18H,4-7,9-10,16H2,1H3. The van der Waals surface area contributed by atoms with Gasteiger partial charge in [0.1, 0.15) is 0 Å². The van der Waals surface area contributed by atoms with E-state index in [1.54, 1.807) is 0 Å². The molecule has 0 unspecified atom stereocenters. The Balaban J connectivity index is 1.95. The molecule has 0 amide bonds. The number of hydrogen-bond donors (Lipinski definition) is 2. The maximum Gasteiger partial charge on any atom is 0.0817 e. The predicted octanol–water partition coefficient (Wildman–Crippen LogP) is 2.00. The van der Waals surface area contributed by atoms with Gasteiger partial charge in [0.15, 0.2) is 0 Å². The summed E-state index contributed by atoms with van der Waals surface area (Å²) in [5.74, 6) is 0. The third-order valence-corrected chi connectivity index (χ3v) is 4.24. The van der Waals surface area contributed by atoms with Crippen molar-refractivity contribution in [3.05, 3.63) is 28.2 Å². The highest BCUT2D eigenvalue weighted by molar-refractivity contribution is 9.10. The molecule has 1 aromatic carbocycles. The number of halogens is 1. The number of likely N-dealkylation sites (N-methyl/N-ethyl adjacent to an activating group) is 1. The number of nitrogens with two attached hydrogens (primary N) is 1. The molecule has 1 heterocycles. The fraction of sp³-hybridized carbons (Fsp3) is 0.571. The maximum absolute atomic E-state index is 10.5. The molecule has 106 valence electrons. The van der Waals surface area contributed by atoms with Crippen LogP contribution in [0.1, 0.15) is 18.4 Å². The van der Waals surface area contributed by atoms with E-state index in [2.05, 4.69) is 20.8 Å². The lowest BCUT2D eigenvalue weighted by molar-refractivity contribution is -0.0777. The lowest BCUT2D eigenvalue weighted by Gasteiger charge is -2.35. The van der Waals surface area contributed by atoms with Crippen molar-refractivity contribution in [1.82, 2.24) is 4.90 Å². The van der Waals surface area contributed by atoms with E-state index in [0.29, 0.717) is 32.6 Å². The summed E-state index contributed by atoms with van der Waals surface area (Å²) in [4.78, 5) is 2.14. The molecule has 1 aromatic rings. The molecule has 4 nitrogen and oxygen atoms in total. The minimum Gasteiger partial charge on any atom is -0.399 e. The molecule has 0 aromatic heterocycles. The first-order valence-corrected chi connectivity index (χ1v) is 7.30. The van der Waals surface area contributed by atoms with E-state index in [-0.39, 0.29) is 0 Å². The molecule has 1 fully saturated rings. The van der Waals surface area contributed by atoms with Gasteiger partial charge >= 0.3 is 0 Å². The highest BCUT2D eigenvalue weighted by atomic mass is 79.9. The van der Waals surface area contributed by atoms with Crippen LogP contribution in [0, 0.1) is 0 Å². The lowest BCUT2D eigenvalue weighted by Crippen LogP contribution is -2.45. The van der Waals surface area contributed by atoms with Gasteiger partial charge in [-0.2, -0.15) is 0 Å². The van der Waals surface area contributed by atoms with Crippen molar-refractivity contribution in [3.63, 3.8) is 0 Å². The van der Waals surface area contributed by atoms with Crippen LogP contribution in [0.3, 0.4) is 0 Å². The number of anilines is 1. The summed E-state index contributed by atoms with van der Waals surface area (Å²) in [6.07, 6.45) is 1.42. The first kappa shape index (κ1) is 14.8. The average molecular weight is 329 g/mol. The van der Waals surface area contributed by atoms with Crippen LogP contribution in [0.5, 0.6) is 0 Å². The van der Waals surface area contributed by atoms with Gasteiger partial charge in [-0.05, 0) is 24.7 Å². The lowest BCUT2D eigenvalue weighted by atomic mass is 9.94. The topological polar surface area (TPSA) is 58.7 Å². The molecular weight excluding hydrogens is 308 g/mol. The highest BCUT2D eigenvalue weighted by Crippen LogP contribution is 2.24. The fourth-order valence-electron chi connectivity index (χ4n) is 2.45. The van der Waals surface area contributed by atoms with Crippen molar-refractivity contribution >= 4 is 21.6 Å². The maximum atomic E-state index is 10.5. The summed E-state index contributed by atoms with van der Waals surface area (Å²) in [7, 11) is 2.02. The van der Waals surface area contributed by atoms with Gasteiger partial charge in [-0.25, -0.2) is 0 Å². The zero-order valence-electron chi connectivity index (χ0n) is 11.2.